The Balaban J connectivity index is 2.09. The van der Waals surface area contributed by atoms with Gasteiger partial charge in [0.15, 0.2) is 0 Å². The van der Waals surface area contributed by atoms with E-state index in [9.17, 15) is 5.11 Å². The van der Waals surface area contributed by atoms with E-state index >= 15 is 0 Å². The molecule has 112 valence electrons. The van der Waals surface area contributed by atoms with Crippen LogP contribution in [0, 0.1) is 0 Å². The van der Waals surface area contributed by atoms with Gasteiger partial charge in [-0.1, -0.05) is 19.1 Å². The van der Waals surface area contributed by atoms with Crippen LogP contribution in [-0.4, -0.2) is 23.9 Å². The second kappa shape index (κ2) is 6.59. The van der Waals surface area contributed by atoms with Gasteiger partial charge in [0, 0.05) is 12.5 Å². The lowest BCUT2D eigenvalue weighted by atomic mass is 9.87. The van der Waals surface area contributed by atoms with Crippen LogP contribution in [0.15, 0.2) is 18.2 Å². The van der Waals surface area contributed by atoms with E-state index in [0.717, 1.165) is 18.7 Å². The van der Waals surface area contributed by atoms with Crippen molar-refractivity contribution in [2.75, 3.05) is 13.2 Å². The van der Waals surface area contributed by atoms with Gasteiger partial charge in [0.1, 0.15) is 5.75 Å². The second-order valence-corrected chi connectivity index (χ2v) is 6.24. The zero-order valence-electron chi connectivity index (χ0n) is 12.9. The monoisotopic (exact) mass is 277 g/mol. The predicted molar refractivity (Wildman–Crippen MR) is 82.2 cm³/mol. The summed E-state index contributed by atoms with van der Waals surface area (Å²) in [5.74, 6) is 0.995. The number of fused-ring (bicyclic) bond motifs is 1. The molecule has 2 N–H and O–H groups in total. The van der Waals surface area contributed by atoms with Gasteiger partial charge in [-0.2, -0.15) is 0 Å². The summed E-state index contributed by atoms with van der Waals surface area (Å²) in [6, 6.07) is 6.80. The summed E-state index contributed by atoms with van der Waals surface area (Å²) < 4.78 is 5.92. The number of hydrogen-bond donors (Lipinski definition) is 2. The molecule has 1 aliphatic rings. The summed E-state index contributed by atoms with van der Waals surface area (Å²) in [5, 5.41) is 13.3. The van der Waals surface area contributed by atoms with Gasteiger partial charge in [-0.3, -0.25) is 0 Å². The molecule has 1 atom stereocenters. The Morgan fingerprint density at radius 3 is 2.90 bits per heavy atom. The Bertz CT molecular complexity index is 437. The standard InChI is InChI=1S/C17H27NO2/c1-4-18-15-9-5-8-14-13(15)7-6-10-16(14)20-12-11-17(2,3)19/h6-7,10,15,18-19H,4-5,8-9,11-12H2,1-3H3. The van der Waals surface area contributed by atoms with Gasteiger partial charge < -0.3 is 15.2 Å². The SMILES string of the molecule is CCNC1CCCc2c(OCCC(C)(C)O)cccc21. The smallest absolute Gasteiger partial charge is 0.122 e. The first-order valence-electron chi connectivity index (χ1n) is 7.71. The Morgan fingerprint density at radius 1 is 1.40 bits per heavy atom. The number of aliphatic hydroxyl groups is 1. The molecule has 1 unspecified atom stereocenters. The van der Waals surface area contributed by atoms with Gasteiger partial charge >= 0.3 is 0 Å². The molecule has 20 heavy (non-hydrogen) atoms. The lowest BCUT2D eigenvalue weighted by molar-refractivity contribution is 0.0551. The van der Waals surface area contributed by atoms with Gasteiger partial charge in [0.05, 0.1) is 12.2 Å². The Kier molecular flexibility index (Phi) is 5.06. The van der Waals surface area contributed by atoms with E-state index in [4.69, 9.17) is 4.74 Å². The first-order valence-corrected chi connectivity index (χ1v) is 7.71. The third-order valence-corrected chi connectivity index (χ3v) is 3.89. The van der Waals surface area contributed by atoms with E-state index in [2.05, 4.69) is 30.4 Å². The summed E-state index contributed by atoms with van der Waals surface area (Å²) >= 11 is 0. The van der Waals surface area contributed by atoms with E-state index in [0.29, 0.717) is 19.1 Å². The van der Waals surface area contributed by atoms with Crippen LogP contribution in [0.3, 0.4) is 0 Å². The summed E-state index contributed by atoms with van der Waals surface area (Å²) in [6.07, 6.45) is 4.15. The summed E-state index contributed by atoms with van der Waals surface area (Å²) in [4.78, 5) is 0. The Hall–Kier alpha value is -1.06. The Morgan fingerprint density at radius 2 is 2.20 bits per heavy atom. The van der Waals surface area contributed by atoms with Crippen LogP contribution in [0.25, 0.3) is 0 Å². The lowest BCUT2D eigenvalue weighted by Gasteiger charge is -2.28. The minimum atomic E-state index is -0.666. The van der Waals surface area contributed by atoms with E-state index < -0.39 is 5.60 Å². The van der Waals surface area contributed by atoms with Gasteiger partial charge in [-0.05, 0) is 56.8 Å². The molecule has 2 rings (SSSR count). The molecular formula is C17H27NO2. The van der Waals surface area contributed by atoms with E-state index in [1.165, 1.54) is 24.0 Å². The van der Waals surface area contributed by atoms with Crippen LogP contribution in [0.1, 0.15) is 57.2 Å². The van der Waals surface area contributed by atoms with Crippen molar-refractivity contribution in [3.8, 4) is 5.75 Å². The maximum Gasteiger partial charge on any atom is 0.122 e. The van der Waals surface area contributed by atoms with Crippen LogP contribution < -0.4 is 10.1 Å². The fourth-order valence-electron chi connectivity index (χ4n) is 2.82. The molecule has 0 aliphatic heterocycles. The number of nitrogens with one attached hydrogen (secondary N) is 1. The topological polar surface area (TPSA) is 41.5 Å². The maximum absolute atomic E-state index is 9.76. The zero-order chi connectivity index (χ0) is 14.6. The first kappa shape index (κ1) is 15.3. The maximum atomic E-state index is 9.76. The molecule has 0 fully saturated rings. The highest BCUT2D eigenvalue weighted by atomic mass is 16.5. The summed E-state index contributed by atoms with van der Waals surface area (Å²) in [6.45, 7) is 7.34. The second-order valence-electron chi connectivity index (χ2n) is 6.24. The molecule has 1 aromatic carbocycles. The van der Waals surface area contributed by atoms with Gasteiger partial charge in [0.2, 0.25) is 0 Å². The molecule has 0 saturated heterocycles. The molecule has 0 spiro atoms. The van der Waals surface area contributed by atoms with E-state index in [1.54, 1.807) is 0 Å². The Labute approximate surface area is 122 Å². The first-order chi connectivity index (χ1) is 9.51. The molecule has 0 aromatic heterocycles. The van der Waals surface area contributed by atoms with Crippen molar-refractivity contribution in [2.45, 2.75) is 58.1 Å². The van der Waals surface area contributed by atoms with Crippen molar-refractivity contribution in [1.29, 1.82) is 0 Å². The average Bonchev–Trinajstić information content (AvgIpc) is 2.38. The normalized spacial score (nSPS) is 18.7. The molecule has 0 radical (unpaired) electrons. The molecule has 0 amide bonds. The molecular weight excluding hydrogens is 250 g/mol. The highest BCUT2D eigenvalue weighted by Crippen LogP contribution is 2.35. The van der Waals surface area contributed by atoms with Crippen LogP contribution in [0.2, 0.25) is 0 Å². The fraction of sp³-hybridized carbons (Fsp3) is 0.647. The van der Waals surface area contributed by atoms with E-state index in [1.807, 2.05) is 13.8 Å². The van der Waals surface area contributed by atoms with Crippen LogP contribution in [0.4, 0.5) is 0 Å². The van der Waals surface area contributed by atoms with Crippen LogP contribution >= 0.6 is 0 Å². The molecule has 0 bridgehead atoms. The average molecular weight is 277 g/mol. The highest BCUT2D eigenvalue weighted by molar-refractivity contribution is 5.43. The lowest BCUT2D eigenvalue weighted by Crippen LogP contribution is -2.25. The van der Waals surface area contributed by atoms with Gasteiger partial charge in [-0.25, -0.2) is 0 Å². The minimum Gasteiger partial charge on any atom is -0.493 e. The number of benzene rings is 1. The van der Waals surface area contributed by atoms with Crippen LogP contribution in [-0.2, 0) is 6.42 Å². The van der Waals surface area contributed by atoms with Crippen molar-refractivity contribution in [1.82, 2.24) is 5.32 Å². The van der Waals surface area contributed by atoms with Crippen molar-refractivity contribution < 1.29 is 9.84 Å². The third-order valence-electron chi connectivity index (χ3n) is 3.89. The molecule has 3 heteroatoms. The van der Waals surface area contributed by atoms with Crippen LogP contribution in [0.5, 0.6) is 5.75 Å². The van der Waals surface area contributed by atoms with Gasteiger partial charge in [-0.15, -0.1) is 0 Å². The predicted octanol–water partition coefficient (Wildman–Crippen LogP) is 3.21. The molecule has 1 aliphatic carbocycles. The molecule has 1 aromatic rings. The van der Waals surface area contributed by atoms with Crippen molar-refractivity contribution in [2.24, 2.45) is 0 Å². The quantitative estimate of drug-likeness (QED) is 0.839. The number of hydrogen-bond acceptors (Lipinski definition) is 3. The number of rotatable bonds is 6. The summed E-state index contributed by atoms with van der Waals surface area (Å²) in [5.41, 5.74) is 2.07. The highest BCUT2D eigenvalue weighted by Gasteiger charge is 2.22. The fourth-order valence-corrected chi connectivity index (χ4v) is 2.82. The van der Waals surface area contributed by atoms with E-state index in [-0.39, 0.29) is 0 Å². The molecule has 0 saturated carbocycles. The third kappa shape index (κ3) is 3.97. The zero-order valence-corrected chi connectivity index (χ0v) is 12.9. The van der Waals surface area contributed by atoms with Crippen molar-refractivity contribution >= 4 is 0 Å². The van der Waals surface area contributed by atoms with Crippen molar-refractivity contribution in [3.05, 3.63) is 29.3 Å². The van der Waals surface area contributed by atoms with Crippen molar-refractivity contribution in [3.63, 3.8) is 0 Å². The molecule has 3 nitrogen and oxygen atoms in total. The molecule has 0 heterocycles. The largest absolute Gasteiger partial charge is 0.493 e. The van der Waals surface area contributed by atoms with Gasteiger partial charge in [0.25, 0.3) is 0 Å². The summed E-state index contributed by atoms with van der Waals surface area (Å²) in [7, 11) is 0. The number of ether oxygens (including phenoxy) is 1. The minimum absolute atomic E-state index is 0.460.